The average Bonchev–Trinajstić information content (AvgIpc) is 2.48. The van der Waals surface area contributed by atoms with Crippen LogP contribution in [-0.2, 0) is 0 Å². The number of hydrogen-bond donors (Lipinski definition) is 2. The Morgan fingerprint density at radius 3 is 2.52 bits per heavy atom. The second-order valence-corrected chi connectivity index (χ2v) is 9.56. The van der Waals surface area contributed by atoms with Gasteiger partial charge in [0.25, 0.3) is 0 Å². The van der Waals surface area contributed by atoms with Crippen molar-refractivity contribution in [3.8, 4) is 5.75 Å². The maximum absolute atomic E-state index is 13.6. The number of Topliss-reactive ketones (excluding diaryl/α,β-unsaturated/α-hetero) is 1. The second kappa shape index (κ2) is 6.12. The lowest BCUT2D eigenvalue weighted by Gasteiger charge is -2.60. The first-order valence-electron chi connectivity index (χ1n) is 9.67. The number of carbonyl (C=O) groups excluding carboxylic acids is 1. The van der Waals surface area contributed by atoms with E-state index in [1.165, 1.54) is 12.8 Å². The fourth-order valence-corrected chi connectivity index (χ4v) is 6.08. The molecule has 0 spiro atoms. The zero-order valence-electron chi connectivity index (χ0n) is 16.3. The van der Waals surface area contributed by atoms with E-state index in [1.54, 1.807) is 12.1 Å². The van der Waals surface area contributed by atoms with E-state index in [0.717, 1.165) is 18.4 Å². The highest BCUT2D eigenvalue weighted by Crippen LogP contribution is 2.61. The molecule has 1 aromatic rings. The van der Waals surface area contributed by atoms with Gasteiger partial charge in [0.1, 0.15) is 5.75 Å². The van der Waals surface area contributed by atoms with Crippen molar-refractivity contribution in [2.45, 2.75) is 66.3 Å². The third-order valence-electron chi connectivity index (χ3n) is 7.32. The van der Waals surface area contributed by atoms with Gasteiger partial charge in [-0.3, -0.25) is 4.79 Å². The van der Waals surface area contributed by atoms with Crippen LogP contribution in [0, 0.1) is 35.5 Å². The van der Waals surface area contributed by atoms with Crippen LogP contribution in [0.15, 0.2) is 18.2 Å². The van der Waals surface area contributed by atoms with E-state index in [1.807, 2.05) is 13.0 Å². The smallest absolute Gasteiger partial charge is 0.166 e. The van der Waals surface area contributed by atoms with Crippen LogP contribution in [0.5, 0.6) is 5.75 Å². The summed E-state index contributed by atoms with van der Waals surface area (Å²) in [7, 11) is 0. The number of carbonyl (C=O) groups is 1. The van der Waals surface area contributed by atoms with Crippen molar-refractivity contribution in [1.29, 1.82) is 0 Å². The minimum absolute atomic E-state index is 0.0204. The highest BCUT2D eigenvalue weighted by molar-refractivity contribution is 5.99. The highest BCUT2D eigenvalue weighted by Gasteiger charge is 2.57. The van der Waals surface area contributed by atoms with E-state index >= 15 is 0 Å². The van der Waals surface area contributed by atoms with E-state index in [-0.39, 0.29) is 40.2 Å². The molecule has 25 heavy (non-hydrogen) atoms. The van der Waals surface area contributed by atoms with Gasteiger partial charge >= 0.3 is 0 Å². The van der Waals surface area contributed by atoms with Gasteiger partial charge in [0.05, 0.1) is 0 Å². The van der Waals surface area contributed by atoms with Crippen molar-refractivity contribution in [1.82, 2.24) is 0 Å². The lowest BCUT2D eigenvalue weighted by molar-refractivity contribution is -0.0865. The van der Waals surface area contributed by atoms with Crippen molar-refractivity contribution in [2.75, 3.05) is 0 Å². The summed E-state index contributed by atoms with van der Waals surface area (Å²) in [6.45, 7) is 11.1. The molecule has 1 aromatic carbocycles. The molecule has 2 aliphatic rings. The molecule has 5 atom stereocenters. The Labute approximate surface area is 152 Å². The molecule has 3 nitrogen and oxygen atoms in total. The number of hydrogen-bond acceptors (Lipinski definition) is 3. The number of phenolic OH excluding ortho intramolecular Hbond substituents is 1. The molecule has 3 heteroatoms. The quantitative estimate of drug-likeness (QED) is 0.765. The lowest BCUT2D eigenvalue weighted by Crippen LogP contribution is -2.59. The van der Waals surface area contributed by atoms with Gasteiger partial charge in [-0.25, -0.2) is 0 Å². The Hall–Kier alpha value is -1.35. The Balaban J connectivity index is 2.06. The lowest BCUT2D eigenvalue weighted by atomic mass is 9.45. The summed E-state index contributed by atoms with van der Waals surface area (Å²) in [4.78, 5) is 13.6. The summed E-state index contributed by atoms with van der Waals surface area (Å²) >= 11 is 0. The normalized spacial score (nSPS) is 37.4. The SMILES string of the molecule is Cc1cc(O)cc(C(=O)[C@H]2[C@H](C)[C@H](N)C[C@H]3C(C)(C)CCC[C@]23C)c1. The first-order chi connectivity index (χ1) is 11.6. The molecule has 3 N–H and O–H groups in total. The Morgan fingerprint density at radius 2 is 1.88 bits per heavy atom. The van der Waals surface area contributed by atoms with Crippen LogP contribution in [0.25, 0.3) is 0 Å². The molecule has 0 aromatic heterocycles. The van der Waals surface area contributed by atoms with Gasteiger partial charge in [0.15, 0.2) is 5.78 Å². The Morgan fingerprint density at radius 1 is 1.20 bits per heavy atom. The zero-order valence-corrected chi connectivity index (χ0v) is 16.3. The molecule has 0 saturated heterocycles. The summed E-state index contributed by atoms with van der Waals surface area (Å²) in [6.07, 6.45) is 4.48. The summed E-state index contributed by atoms with van der Waals surface area (Å²) < 4.78 is 0. The highest BCUT2D eigenvalue weighted by atomic mass is 16.3. The molecule has 0 bridgehead atoms. The predicted octanol–water partition coefficient (Wildman–Crippen LogP) is 4.70. The molecule has 2 aliphatic carbocycles. The molecule has 0 amide bonds. The topological polar surface area (TPSA) is 63.3 Å². The van der Waals surface area contributed by atoms with Gasteiger partial charge in [0.2, 0.25) is 0 Å². The molecule has 0 heterocycles. The molecule has 138 valence electrons. The van der Waals surface area contributed by atoms with Crippen LogP contribution in [-0.4, -0.2) is 16.9 Å². The van der Waals surface area contributed by atoms with Crippen LogP contribution in [0.2, 0.25) is 0 Å². The minimum Gasteiger partial charge on any atom is -0.508 e. The summed E-state index contributed by atoms with van der Waals surface area (Å²) in [5.41, 5.74) is 8.28. The van der Waals surface area contributed by atoms with E-state index in [4.69, 9.17) is 5.73 Å². The first-order valence-corrected chi connectivity index (χ1v) is 9.67. The van der Waals surface area contributed by atoms with E-state index in [0.29, 0.717) is 11.5 Å². The number of phenols is 1. The van der Waals surface area contributed by atoms with Crippen molar-refractivity contribution < 1.29 is 9.90 Å². The number of aryl methyl sites for hydroxylation is 1. The van der Waals surface area contributed by atoms with Crippen LogP contribution in [0.3, 0.4) is 0 Å². The van der Waals surface area contributed by atoms with Gasteiger partial charge < -0.3 is 10.8 Å². The summed E-state index contributed by atoms with van der Waals surface area (Å²) in [5.74, 6) is 0.869. The van der Waals surface area contributed by atoms with E-state index in [2.05, 4.69) is 27.7 Å². The Kier molecular flexibility index (Phi) is 4.51. The maximum atomic E-state index is 13.6. The van der Waals surface area contributed by atoms with Crippen LogP contribution >= 0.6 is 0 Å². The zero-order chi connectivity index (χ0) is 18.6. The van der Waals surface area contributed by atoms with E-state index < -0.39 is 0 Å². The largest absolute Gasteiger partial charge is 0.508 e. The average molecular weight is 344 g/mol. The molecular weight excluding hydrogens is 310 g/mol. The maximum Gasteiger partial charge on any atom is 0.166 e. The van der Waals surface area contributed by atoms with Crippen molar-refractivity contribution in [3.63, 3.8) is 0 Å². The fraction of sp³-hybridized carbons (Fsp3) is 0.682. The molecule has 0 aliphatic heterocycles. The third kappa shape index (κ3) is 3.01. The summed E-state index contributed by atoms with van der Waals surface area (Å²) in [6, 6.07) is 5.28. The first kappa shape index (κ1) is 18.4. The fourth-order valence-electron chi connectivity index (χ4n) is 6.08. The van der Waals surface area contributed by atoms with Crippen molar-refractivity contribution in [2.24, 2.45) is 34.3 Å². The van der Waals surface area contributed by atoms with Crippen molar-refractivity contribution in [3.05, 3.63) is 29.3 Å². The summed E-state index contributed by atoms with van der Waals surface area (Å²) in [5, 5.41) is 9.96. The minimum atomic E-state index is -0.0815. The number of aromatic hydroxyl groups is 1. The van der Waals surface area contributed by atoms with Gasteiger partial charge in [-0.2, -0.15) is 0 Å². The van der Waals surface area contributed by atoms with Gasteiger partial charge in [-0.15, -0.1) is 0 Å². The standard InChI is InChI=1S/C22H33NO2/c1-13-9-15(11-16(24)10-13)20(25)19-14(2)17(23)12-18-21(3,4)7-6-8-22(18,19)5/h9-11,14,17-19,24H,6-8,12,23H2,1-5H3/t14-,17-,18+,19-,22+/m1/s1. The molecule has 2 saturated carbocycles. The van der Waals surface area contributed by atoms with Gasteiger partial charge in [0, 0.05) is 17.5 Å². The van der Waals surface area contributed by atoms with E-state index in [9.17, 15) is 9.90 Å². The molecule has 0 radical (unpaired) electrons. The van der Waals surface area contributed by atoms with Gasteiger partial charge in [-0.1, -0.05) is 34.1 Å². The molecule has 2 fully saturated rings. The Bertz CT molecular complexity index is 660. The van der Waals surface area contributed by atoms with Crippen molar-refractivity contribution >= 4 is 5.78 Å². The predicted molar refractivity (Wildman–Crippen MR) is 102 cm³/mol. The number of ketones is 1. The number of fused-ring (bicyclic) bond motifs is 1. The molecule has 0 unspecified atom stereocenters. The monoisotopic (exact) mass is 343 g/mol. The number of rotatable bonds is 2. The number of benzene rings is 1. The second-order valence-electron chi connectivity index (χ2n) is 9.56. The molecular formula is C22H33NO2. The van der Waals surface area contributed by atoms with Crippen LogP contribution in [0.4, 0.5) is 0 Å². The third-order valence-corrected chi connectivity index (χ3v) is 7.32. The van der Waals surface area contributed by atoms with Crippen LogP contribution < -0.4 is 5.73 Å². The molecule has 3 rings (SSSR count). The van der Waals surface area contributed by atoms with Gasteiger partial charge in [-0.05, 0) is 72.6 Å². The number of nitrogens with two attached hydrogens (primary N) is 1. The van der Waals surface area contributed by atoms with Crippen LogP contribution in [0.1, 0.15) is 69.3 Å².